The SMILES string of the molecule is c1cc2ccc(CNCCN(CCNCc3ccc4cc[nH]c4c3)CCNCc3ccc4cc[nH]c4c3)cc2[nH]1. The lowest BCUT2D eigenvalue weighted by Crippen LogP contribution is -2.40. The molecule has 0 atom stereocenters. The van der Waals surface area contributed by atoms with Crippen LogP contribution in [0.5, 0.6) is 0 Å². The molecule has 3 aromatic heterocycles. The third kappa shape index (κ3) is 6.81. The van der Waals surface area contributed by atoms with Gasteiger partial charge in [-0.05, 0) is 69.2 Å². The Balaban J connectivity index is 0.967. The molecule has 0 radical (unpaired) electrons. The van der Waals surface area contributed by atoms with E-state index in [9.17, 15) is 0 Å². The molecule has 0 aliphatic rings. The second kappa shape index (κ2) is 13.0. The van der Waals surface area contributed by atoms with E-state index in [1.807, 2.05) is 18.6 Å². The number of H-pyrrole nitrogens is 3. The summed E-state index contributed by atoms with van der Waals surface area (Å²) in [5.74, 6) is 0. The molecule has 3 heterocycles. The van der Waals surface area contributed by atoms with E-state index in [2.05, 4.69) is 109 Å². The summed E-state index contributed by atoms with van der Waals surface area (Å²) in [6, 6.07) is 26.3. The highest BCUT2D eigenvalue weighted by atomic mass is 15.2. The number of hydrogen-bond donors (Lipinski definition) is 6. The van der Waals surface area contributed by atoms with Gasteiger partial charge in [0.15, 0.2) is 0 Å². The van der Waals surface area contributed by atoms with E-state index in [1.165, 1.54) is 49.4 Å². The molecule has 7 heteroatoms. The number of fused-ring (bicyclic) bond motifs is 3. The van der Waals surface area contributed by atoms with Crippen LogP contribution < -0.4 is 16.0 Å². The Kier molecular flexibility index (Phi) is 8.55. The third-order valence-electron chi connectivity index (χ3n) is 7.66. The van der Waals surface area contributed by atoms with Crippen molar-refractivity contribution in [2.45, 2.75) is 19.6 Å². The number of hydrogen-bond acceptors (Lipinski definition) is 4. The van der Waals surface area contributed by atoms with Crippen molar-refractivity contribution in [3.05, 3.63) is 108 Å². The predicted octanol–water partition coefficient (Wildman–Crippen LogP) is 5.10. The van der Waals surface area contributed by atoms with Crippen molar-refractivity contribution in [3.63, 3.8) is 0 Å². The maximum atomic E-state index is 3.65. The molecule has 0 unspecified atom stereocenters. The second-order valence-electron chi connectivity index (χ2n) is 10.6. The summed E-state index contributed by atoms with van der Waals surface area (Å²) >= 11 is 0. The van der Waals surface area contributed by atoms with Gasteiger partial charge in [0, 0.05) is 94.0 Å². The van der Waals surface area contributed by atoms with Gasteiger partial charge in [-0.2, -0.15) is 0 Å². The van der Waals surface area contributed by atoms with Crippen molar-refractivity contribution in [2.75, 3.05) is 39.3 Å². The van der Waals surface area contributed by atoms with E-state index in [0.717, 1.165) is 58.9 Å². The van der Waals surface area contributed by atoms with Gasteiger partial charge in [0.05, 0.1) is 0 Å². The molecule has 7 nitrogen and oxygen atoms in total. The zero-order valence-electron chi connectivity index (χ0n) is 23.0. The maximum Gasteiger partial charge on any atom is 0.0457 e. The average molecular weight is 534 g/mol. The lowest BCUT2D eigenvalue weighted by atomic mass is 10.1. The van der Waals surface area contributed by atoms with Crippen molar-refractivity contribution in [2.24, 2.45) is 0 Å². The van der Waals surface area contributed by atoms with Gasteiger partial charge in [0.2, 0.25) is 0 Å². The second-order valence-corrected chi connectivity index (χ2v) is 10.6. The van der Waals surface area contributed by atoms with E-state index in [4.69, 9.17) is 0 Å². The molecule has 206 valence electrons. The van der Waals surface area contributed by atoms with Gasteiger partial charge >= 0.3 is 0 Å². The number of nitrogens with one attached hydrogen (secondary N) is 6. The van der Waals surface area contributed by atoms with Crippen LogP contribution in [0.15, 0.2) is 91.4 Å². The highest BCUT2D eigenvalue weighted by Crippen LogP contribution is 2.16. The average Bonchev–Trinajstić information content (AvgIpc) is 3.75. The first kappa shape index (κ1) is 26.3. The number of benzene rings is 3. The number of rotatable bonds is 15. The summed E-state index contributed by atoms with van der Waals surface area (Å²) in [5.41, 5.74) is 7.52. The van der Waals surface area contributed by atoms with Crippen LogP contribution in [0, 0.1) is 0 Å². The Morgan fingerprint density at radius 3 is 1.15 bits per heavy atom. The number of nitrogens with zero attached hydrogens (tertiary/aromatic N) is 1. The van der Waals surface area contributed by atoms with E-state index in [1.54, 1.807) is 0 Å². The predicted molar refractivity (Wildman–Crippen MR) is 166 cm³/mol. The number of aromatic amines is 3. The molecule has 0 amide bonds. The van der Waals surface area contributed by atoms with Gasteiger partial charge in [-0.15, -0.1) is 0 Å². The maximum absolute atomic E-state index is 3.65. The van der Waals surface area contributed by atoms with Crippen LogP contribution >= 0.6 is 0 Å². The summed E-state index contributed by atoms with van der Waals surface area (Å²) in [5, 5.41) is 14.7. The van der Waals surface area contributed by atoms with Crippen LogP contribution in [0.3, 0.4) is 0 Å². The van der Waals surface area contributed by atoms with E-state index in [-0.39, 0.29) is 0 Å². The molecular weight excluding hydrogens is 494 g/mol. The minimum atomic E-state index is 0.877. The van der Waals surface area contributed by atoms with Crippen molar-refractivity contribution >= 4 is 32.7 Å². The van der Waals surface area contributed by atoms with Gasteiger partial charge in [-0.3, -0.25) is 4.90 Å². The van der Waals surface area contributed by atoms with Crippen LogP contribution in [0.25, 0.3) is 32.7 Å². The van der Waals surface area contributed by atoms with Crippen molar-refractivity contribution in [1.82, 2.24) is 35.8 Å². The molecule has 0 saturated heterocycles. The Morgan fingerprint density at radius 2 is 0.800 bits per heavy atom. The zero-order chi connectivity index (χ0) is 27.0. The zero-order valence-corrected chi connectivity index (χ0v) is 23.0. The first-order chi connectivity index (χ1) is 19.8. The third-order valence-corrected chi connectivity index (χ3v) is 7.66. The van der Waals surface area contributed by atoms with Crippen LogP contribution in [-0.2, 0) is 19.6 Å². The van der Waals surface area contributed by atoms with E-state index >= 15 is 0 Å². The largest absolute Gasteiger partial charge is 0.361 e. The fraction of sp³-hybridized carbons (Fsp3) is 0.273. The highest BCUT2D eigenvalue weighted by Gasteiger charge is 2.06. The molecule has 3 aromatic carbocycles. The van der Waals surface area contributed by atoms with Gasteiger partial charge in [0.25, 0.3) is 0 Å². The first-order valence-electron chi connectivity index (χ1n) is 14.3. The fourth-order valence-corrected chi connectivity index (χ4v) is 5.36. The quantitative estimate of drug-likeness (QED) is 0.104. The minimum absolute atomic E-state index is 0.877. The van der Waals surface area contributed by atoms with Crippen LogP contribution in [0.2, 0.25) is 0 Å². The molecule has 0 bridgehead atoms. The van der Waals surface area contributed by atoms with Crippen LogP contribution in [0.4, 0.5) is 0 Å². The molecular formula is C33H39N7. The minimum Gasteiger partial charge on any atom is -0.361 e. The Hall–Kier alpha value is -3.88. The van der Waals surface area contributed by atoms with Crippen molar-refractivity contribution in [1.29, 1.82) is 0 Å². The first-order valence-corrected chi connectivity index (χ1v) is 14.3. The summed E-state index contributed by atoms with van der Waals surface area (Å²) < 4.78 is 0. The summed E-state index contributed by atoms with van der Waals surface area (Å²) in [4.78, 5) is 12.5. The molecule has 0 aliphatic heterocycles. The van der Waals surface area contributed by atoms with E-state index < -0.39 is 0 Å². The van der Waals surface area contributed by atoms with Crippen molar-refractivity contribution in [3.8, 4) is 0 Å². The van der Waals surface area contributed by atoms with Crippen LogP contribution in [-0.4, -0.2) is 59.1 Å². The Labute approximate surface area is 235 Å². The van der Waals surface area contributed by atoms with Gasteiger partial charge in [-0.25, -0.2) is 0 Å². The standard InChI is InChI=1S/C33H39N7/c1-4-28-7-10-37-31(28)19-25(1)22-34-13-16-40(17-14-35-23-26-2-5-29-8-11-38-32(29)20-26)18-15-36-24-27-3-6-30-9-12-39-33(30)21-27/h1-12,19-21,34-39H,13-18,22-24H2. The highest BCUT2D eigenvalue weighted by molar-refractivity contribution is 5.81. The van der Waals surface area contributed by atoms with Crippen LogP contribution in [0.1, 0.15) is 16.7 Å². The monoisotopic (exact) mass is 533 g/mol. The number of aromatic nitrogens is 3. The Morgan fingerprint density at radius 1 is 0.450 bits per heavy atom. The molecule has 6 N–H and O–H groups in total. The molecule has 6 rings (SSSR count). The molecule has 40 heavy (non-hydrogen) atoms. The summed E-state index contributed by atoms with van der Waals surface area (Å²) in [6.45, 7) is 8.53. The smallest absolute Gasteiger partial charge is 0.0457 e. The van der Waals surface area contributed by atoms with Crippen molar-refractivity contribution < 1.29 is 0 Å². The van der Waals surface area contributed by atoms with Gasteiger partial charge in [-0.1, -0.05) is 36.4 Å². The lowest BCUT2D eigenvalue weighted by molar-refractivity contribution is 0.271. The summed E-state index contributed by atoms with van der Waals surface area (Å²) in [6.07, 6.45) is 6.00. The fourth-order valence-electron chi connectivity index (χ4n) is 5.36. The summed E-state index contributed by atoms with van der Waals surface area (Å²) in [7, 11) is 0. The lowest BCUT2D eigenvalue weighted by Gasteiger charge is -2.23. The molecule has 6 aromatic rings. The molecule has 0 spiro atoms. The molecule has 0 aliphatic carbocycles. The van der Waals surface area contributed by atoms with Gasteiger partial charge < -0.3 is 30.9 Å². The Bertz CT molecular complexity index is 1450. The van der Waals surface area contributed by atoms with E-state index in [0.29, 0.717) is 0 Å². The molecule has 0 fully saturated rings. The van der Waals surface area contributed by atoms with Gasteiger partial charge in [0.1, 0.15) is 0 Å². The normalized spacial score (nSPS) is 11.9. The molecule has 0 saturated carbocycles. The topological polar surface area (TPSA) is 86.7 Å².